The van der Waals surface area contributed by atoms with Gasteiger partial charge < -0.3 is 29.5 Å². The summed E-state index contributed by atoms with van der Waals surface area (Å²) in [7, 11) is 1.22. The number of esters is 1. The van der Waals surface area contributed by atoms with Gasteiger partial charge in [-0.1, -0.05) is 35.9 Å². The van der Waals surface area contributed by atoms with Crippen LogP contribution in [0.2, 0.25) is 5.02 Å². The maximum absolute atomic E-state index is 13.4. The Morgan fingerprint density at radius 2 is 2.04 bits per heavy atom. The highest BCUT2D eigenvalue weighted by Crippen LogP contribution is 2.47. The van der Waals surface area contributed by atoms with Gasteiger partial charge in [0.2, 0.25) is 5.91 Å². The Morgan fingerprint density at radius 1 is 1.22 bits per heavy atom. The lowest BCUT2D eigenvalue weighted by molar-refractivity contribution is -0.169. The summed E-state index contributed by atoms with van der Waals surface area (Å²) in [6.07, 6.45) is 8.70. The second-order valence-corrected chi connectivity index (χ2v) is 14.0. The van der Waals surface area contributed by atoms with Gasteiger partial charge in [0.05, 0.1) is 31.9 Å². The monoisotopic (exact) mass is 648 g/mol. The van der Waals surface area contributed by atoms with E-state index in [2.05, 4.69) is 30.2 Å². The number of nitrogens with zero attached hydrogens (tertiary/aromatic N) is 2. The minimum Gasteiger partial charge on any atom is -0.490 e. The number of fused-ring (bicyclic) bond motifs is 3. The maximum atomic E-state index is 13.4. The second kappa shape index (κ2) is 13.1. The normalized spacial score (nSPS) is 27.0. The number of halogens is 1. The highest BCUT2D eigenvalue weighted by atomic mass is 35.5. The van der Waals surface area contributed by atoms with Gasteiger partial charge in [-0.05, 0) is 97.7 Å². The van der Waals surface area contributed by atoms with Gasteiger partial charge in [0.1, 0.15) is 5.75 Å². The van der Waals surface area contributed by atoms with E-state index in [1.165, 1.54) is 18.2 Å². The number of likely N-dealkylation sites (tertiary alicyclic amines) is 1. The number of rotatable bonds is 10. The van der Waals surface area contributed by atoms with E-state index < -0.39 is 24.1 Å². The zero-order chi connectivity index (χ0) is 32.6. The van der Waals surface area contributed by atoms with E-state index in [0.29, 0.717) is 38.4 Å². The quantitative estimate of drug-likeness (QED) is 0.266. The van der Waals surface area contributed by atoms with Crippen LogP contribution < -0.4 is 9.64 Å². The molecule has 2 N–H and O–H groups in total. The Labute approximate surface area is 276 Å². The topological polar surface area (TPSA) is 99.5 Å². The largest absolute Gasteiger partial charge is 0.490 e. The third kappa shape index (κ3) is 5.84. The third-order valence-corrected chi connectivity index (χ3v) is 11.2. The zero-order valence-corrected chi connectivity index (χ0v) is 27.4. The molecule has 8 nitrogen and oxygen atoms in total. The third-order valence-electron chi connectivity index (χ3n) is 11.0. The average molecular weight is 649 g/mol. The van der Waals surface area contributed by atoms with Gasteiger partial charge in [0.15, 0.2) is 5.60 Å². The smallest absolute Gasteiger partial charge is 0.343 e. The molecular formula is C37H45ClN2O6. The molecule has 0 aromatic heterocycles. The predicted octanol–water partition coefficient (Wildman–Crippen LogP) is 5.31. The van der Waals surface area contributed by atoms with Crippen molar-refractivity contribution in [3.8, 4) is 5.75 Å². The molecule has 4 aliphatic rings. The fourth-order valence-electron chi connectivity index (χ4n) is 8.09. The summed E-state index contributed by atoms with van der Waals surface area (Å²) in [6.45, 7) is 9.96. The van der Waals surface area contributed by atoms with Crippen molar-refractivity contribution in [2.24, 2.45) is 11.8 Å². The van der Waals surface area contributed by atoms with Gasteiger partial charge in [-0.3, -0.25) is 4.79 Å². The van der Waals surface area contributed by atoms with E-state index in [4.69, 9.17) is 21.1 Å². The molecule has 246 valence electrons. The van der Waals surface area contributed by atoms with Crippen LogP contribution >= 0.6 is 11.6 Å². The summed E-state index contributed by atoms with van der Waals surface area (Å²) in [4.78, 5) is 30.7. The van der Waals surface area contributed by atoms with Crippen LogP contribution in [0, 0.1) is 11.8 Å². The van der Waals surface area contributed by atoms with E-state index >= 15 is 0 Å². The van der Waals surface area contributed by atoms with E-state index in [1.807, 2.05) is 6.07 Å². The first kappa shape index (κ1) is 32.6. The van der Waals surface area contributed by atoms with Crippen LogP contribution in [0.1, 0.15) is 61.6 Å². The summed E-state index contributed by atoms with van der Waals surface area (Å²) in [5.74, 6) is -0.214. The molecule has 1 amide bonds. The van der Waals surface area contributed by atoms with Crippen molar-refractivity contribution < 1.29 is 29.3 Å². The van der Waals surface area contributed by atoms with E-state index in [0.717, 1.165) is 49.2 Å². The average Bonchev–Trinajstić information content (AvgIpc) is 3.17. The molecule has 6 rings (SSSR count). The SMILES string of the molecule is C=CC[C@H]1CCN1C(=O)C[C@](O)(C(=O)OC)c1ccc2c(c1)N(C[C@@H]1CC[C@H]1[C@@H](O)C=C)C[C@@]1(CCCc3cc(Cl)ccc31)CO2. The van der Waals surface area contributed by atoms with E-state index in [-0.39, 0.29) is 34.8 Å². The molecule has 0 unspecified atom stereocenters. The summed E-state index contributed by atoms with van der Waals surface area (Å²) < 4.78 is 11.7. The van der Waals surface area contributed by atoms with Crippen LogP contribution in [0.15, 0.2) is 61.7 Å². The van der Waals surface area contributed by atoms with Crippen molar-refractivity contribution in [3.63, 3.8) is 0 Å². The number of amides is 1. The van der Waals surface area contributed by atoms with Crippen LogP contribution in [-0.2, 0) is 31.8 Å². The van der Waals surface area contributed by atoms with Crippen molar-refractivity contribution in [2.75, 3.05) is 38.3 Å². The van der Waals surface area contributed by atoms with Crippen LogP contribution in [-0.4, -0.2) is 72.5 Å². The predicted molar refractivity (Wildman–Crippen MR) is 178 cm³/mol. The fourth-order valence-corrected chi connectivity index (χ4v) is 8.28. The number of hydrogen-bond donors (Lipinski definition) is 2. The van der Waals surface area contributed by atoms with Crippen LogP contribution in [0.5, 0.6) is 5.75 Å². The number of benzene rings is 2. The van der Waals surface area contributed by atoms with Crippen LogP contribution in [0.3, 0.4) is 0 Å². The number of aliphatic hydroxyl groups excluding tert-OH is 1. The zero-order valence-electron chi connectivity index (χ0n) is 26.6. The number of aryl methyl sites for hydroxylation is 1. The molecule has 0 bridgehead atoms. The molecule has 2 fully saturated rings. The molecule has 0 radical (unpaired) electrons. The van der Waals surface area contributed by atoms with Gasteiger partial charge >= 0.3 is 5.97 Å². The number of ether oxygens (including phenoxy) is 2. The molecular weight excluding hydrogens is 604 g/mol. The minimum absolute atomic E-state index is 0.0219. The maximum Gasteiger partial charge on any atom is 0.343 e. The molecule has 2 heterocycles. The minimum atomic E-state index is -2.18. The molecule has 1 saturated carbocycles. The fraction of sp³-hybridized carbons (Fsp3) is 0.514. The Balaban J connectivity index is 1.38. The summed E-state index contributed by atoms with van der Waals surface area (Å²) in [5, 5.41) is 23.4. The second-order valence-electron chi connectivity index (χ2n) is 13.6. The lowest BCUT2D eigenvalue weighted by atomic mass is 9.68. The summed E-state index contributed by atoms with van der Waals surface area (Å²) in [5.41, 5.74) is 1.01. The van der Waals surface area contributed by atoms with Crippen molar-refractivity contribution >= 4 is 29.2 Å². The number of hydrogen-bond acceptors (Lipinski definition) is 7. The lowest BCUT2D eigenvalue weighted by Crippen LogP contribution is -2.53. The molecule has 9 heteroatoms. The molecule has 6 atom stereocenters. The van der Waals surface area contributed by atoms with E-state index in [1.54, 1.807) is 35.3 Å². The lowest BCUT2D eigenvalue weighted by Gasteiger charge is -2.45. The first-order chi connectivity index (χ1) is 22.1. The molecule has 2 aromatic rings. The van der Waals surface area contributed by atoms with E-state index in [9.17, 15) is 19.8 Å². The Kier molecular flexibility index (Phi) is 9.25. The van der Waals surface area contributed by atoms with Crippen molar-refractivity contribution in [3.05, 3.63) is 83.4 Å². The Bertz CT molecular complexity index is 1510. The van der Waals surface area contributed by atoms with Crippen molar-refractivity contribution in [1.29, 1.82) is 0 Å². The number of carbonyl (C=O) groups excluding carboxylic acids is 2. The van der Waals surface area contributed by atoms with Crippen molar-refractivity contribution in [1.82, 2.24) is 4.90 Å². The molecule has 46 heavy (non-hydrogen) atoms. The molecule has 2 aliphatic carbocycles. The summed E-state index contributed by atoms with van der Waals surface area (Å²) >= 11 is 6.42. The van der Waals surface area contributed by atoms with Gasteiger partial charge in [-0.15, -0.1) is 13.2 Å². The van der Waals surface area contributed by atoms with Gasteiger partial charge in [0.25, 0.3) is 0 Å². The molecule has 2 aromatic carbocycles. The van der Waals surface area contributed by atoms with Gasteiger partial charge in [-0.2, -0.15) is 0 Å². The molecule has 1 saturated heterocycles. The van der Waals surface area contributed by atoms with Crippen LogP contribution in [0.25, 0.3) is 0 Å². The highest BCUT2D eigenvalue weighted by Gasteiger charge is 2.47. The van der Waals surface area contributed by atoms with Gasteiger partial charge in [0, 0.05) is 36.1 Å². The summed E-state index contributed by atoms with van der Waals surface area (Å²) in [6, 6.07) is 11.4. The molecule has 1 spiro atoms. The Hall–Kier alpha value is -3.33. The number of anilines is 1. The Morgan fingerprint density at radius 3 is 2.72 bits per heavy atom. The van der Waals surface area contributed by atoms with Gasteiger partial charge in [-0.25, -0.2) is 4.79 Å². The molecule has 2 aliphatic heterocycles. The number of aliphatic hydroxyl groups is 2. The van der Waals surface area contributed by atoms with Crippen LogP contribution in [0.4, 0.5) is 5.69 Å². The highest BCUT2D eigenvalue weighted by molar-refractivity contribution is 6.30. The number of methoxy groups -OCH3 is 1. The number of carbonyl (C=O) groups is 2. The standard InChI is InChI=1S/C37H45ClN2O6/c1-4-7-28-15-17-40(28)34(42)20-37(44,35(43)45-3)26-10-14-33-31(19-26)39(21-25-9-12-29(25)32(41)5-2)22-36(23-46-33)16-6-8-24-18-27(38)11-13-30(24)36/h4-5,10-11,13-14,18-19,25,28-29,32,41,44H,1-2,6-9,12,15-17,20-23H2,3H3/t25-,28-,29+,32-,36-,37+/m0/s1. The first-order valence-corrected chi connectivity index (χ1v) is 16.8. The van der Waals surface area contributed by atoms with Crippen molar-refractivity contribution in [2.45, 2.75) is 74.5 Å². The first-order valence-electron chi connectivity index (χ1n) is 16.5.